The van der Waals surface area contributed by atoms with E-state index in [0.717, 1.165) is 0 Å². The molecule has 0 saturated carbocycles. The number of nitrogen functional groups attached to an aromatic ring is 1. The van der Waals surface area contributed by atoms with Crippen LogP contribution in [0, 0.1) is 0 Å². The Bertz CT molecular complexity index is 420. The number of carbonyl (C=O) groups excluding carboxylic acids is 2. The zero-order chi connectivity index (χ0) is 13.5. The molecule has 1 heterocycles. The Morgan fingerprint density at radius 1 is 1.28 bits per heavy atom. The van der Waals surface area contributed by atoms with Crippen molar-refractivity contribution in [3.05, 3.63) is 12.3 Å². The number of aromatic nitrogens is 2. The summed E-state index contributed by atoms with van der Waals surface area (Å²) in [6.45, 7) is -0.274. The molecule has 8 nitrogen and oxygen atoms in total. The number of esters is 2. The van der Waals surface area contributed by atoms with Crippen molar-refractivity contribution >= 4 is 23.7 Å². The summed E-state index contributed by atoms with van der Waals surface area (Å²) in [5, 5.41) is 0. The SMILES string of the molecule is COC(=O)CN(CC(=O)OC)c1ccnc(N)n1. The molecule has 0 aliphatic heterocycles. The van der Waals surface area contributed by atoms with Gasteiger partial charge in [-0.1, -0.05) is 0 Å². The van der Waals surface area contributed by atoms with E-state index in [1.54, 1.807) is 0 Å². The topological polar surface area (TPSA) is 108 Å². The second-order valence-corrected chi connectivity index (χ2v) is 3.28. The summed E-state index contributed by atoms with van der Waals surface area (Å²) in [6.07, 6.45) is 1.43. The number of anilines is 2. The van der Waals surface area contributed by atoms with Crippen molar-refractivity contribution in [1.29, 1.82) is 0 Å². The van der Waals surface area contributed by atoms with Crippen LogP contribution >= 0.6 is 0 Å². The molecule has 98 valence electrons. The summed E-state index contributed by atoms with van der Waals surface area (Å²) >= 11 is 0. The minimum absolute atomic E-state index is 0.0484. The van der Waals surface area contributed by atoms with Gasteiger partial charge in [-0.25, -0.2) is 4.98 Å². The van der Waals surface area contributed by atoms with Crippen molar-refractivity contribution < 1.29 is 19.1 Å². The molecule has 0 unspecified atom stereocenters. The number of carbonyl (C=O) groups is 2. The van der Waals surface area contributed by atoms with Crippen LogP contribution in [0.4, 0.5) is 11.8 Å². The lowest BCUT2D eigenvalue weighted by Crippen LogP contribution is -2.36. The van der Waals surface area contributed by atoms with Gasteiger partial charge < -0.3 is 20.1 Å². The van der Waals surface area contributed by atoms with Crippen molar-refractivity contribution in [1.82, 2.24) is 9.97 Å². The second kappa shape index (κ2) is 6.38. The van der Waals surface area contributed by atoms with E-state index >= 15 is 0 Å². The monoisotopic (exact) mass is 254 g/mol. The molecule has 0 fully saturated rings. The number of rotatable bonds is 5. The predicted octanol–water partition coefficient (Wildman–Crippen LogP) is -0.789. The van der Waals surface area contributed by atoms with Crippen LogP contribution in [0.15, 0.2) is 12.3 Å². The number of ether oxygens (including phenoxy) is 2. The smallest absolute Gasteiger partial charge is 0.325 e. The van der Waals surface area contributed by atoms with Gasteiger partial charge >= 0.3 is 11.9 Å². The fraction of sp³-hybridized carbons (Fsp3) is 0.400. The predicted molar refractivity (Wildman–Crippen MR) is 62.7 cm³/mol. The Kier molecular flexibility index (Phi) is 4.85. The summed E-state index contributed by atoms with van der Waals surface area (Å²) in [7, 11) is 2.51. The first-order valence-electron chi connectivity index (χ1n) is 5.04. The Balaban J connectivity index is 2.88. The molecule has 0 spiro atoms. The molecule has 0 saturated heterocycles. The molecule has 1 aromatic rings. The van der Waals surface area contributed by atoms with Gasteiger partial charge in [-0.15, -0.1) is 0 Å². The van der Waals surface area contributed by atoms with Crippen LogP contribution in [-0.4, -0.2) is 49.2 Å². The third-order valence-electron chi connectivity index (χ3n) is 2.08. The van der Waals surface area contributed by atoms with Gasteiger partial charge in [0.1, 0.15) is 18.9 Å². The molecule has 2 N–H and O–H groups in total. The fourth-order valence-corrected chi connectivity index (χ4v) is 1.20. The minimum atomic E-state index is -0.504. The van der Waals surface area contributed by atoms with E-state index in [0.29, 0.717) is 5.82 Å². The van der Waals surface area contributed by atoms with Crippen molar-refractivity contribution in [2.45, 2.75) is 0 Å². The zero-order valence-corrected chi connectivity index (χ0v) is 10.1. The average molecular weight is 254 g/mol. The number of hydrogen-bond donors (Lipinski definition) is 1. The van der Waals surface area contributed by atoms with Crippen molar-refractivity contribution in [2.24, 2.45) is 0 Å². The van der Waals surface area contributed by atoms with Crippen LogP contribution in [0.25, 0.3) is 0 Å². The number of methoxy groups -OCH3 is 2. The highest BCUT2D eigenvalue weighted by molar-refractivity contribution is 5.80. The maximum atomic E-state index is 11.3. The first kappa shape index (κ1) is 13.7. The van der Waals surface area contributed by atoms with Crippen LogP contribution in [0.5, 0.6) is 0 Å². The van der Waals surface area contributed by atoms with Gasteiger partial charge in [-0.2, -0.15) is 4.98 Å². The van der Waals surface area contributed by atoms with E-state index in [1.807, 2.05) is 0 Å². The van der Waals surface area contributed by atoms with Crippen LogP contribution < -0.4 is 10.6 Å². The maximum Gasteiger partial charge on any atom is 0.325 e. The minimum Gasteiger partial charge on any atom is -0.468 e. The highest BCUT2D eigenvalue weighted by Crippen LogP contribution is 2.10. The molecule has 0 aliphatic rings. The van der Waals surface area contributed by atoms with E-state index in [9.17, 15) is 9.59 Å². The first-order chi connectivity index (χ1) is 8.56. The molecular weight excluding hydrogens is 240 g/mol. The summed E-state index contributed by atoms with van der Waals surface area (Å²) in [5.74, 6) is -0.613. The Hall–Kier alpha value is -2.38. The Labute approximate surface area is 104 Å². The van der Waals surface area contributed by atoms with Gasteiger partial charge in [0.25, 0.3) is 0 Å². The van der Waals surface area contributed by atoms with Gasteiger partial charge in [-0.3, -0.25) is 9.59 Å². The van der Waals surface area contributed by atoms with E-state index in [-0.39, 0.29) is 19.0 Å². The summed E-state index contributed by atoms with van der Waals surface area (Å²) in [5.41, 5.74) is 5.44. The fourth-order valence-electron chi connectivity index (χ4n) is 1.20. The van der Waals surface area contributed by atoms with Gasteiger partial charge in [-0.05, 0) is 6.07 Å². The standard InChI is InChI=1S/C10H14N4O4/c1-17-8(15)5-14(6-9(16)18-2)7-3-4-12-10(11)13-7/h3-4H,5-6H2,1-2H3,(H2,11,12,13). The highest BCUT2D eigenvalue weighted by atomic mass is 16.5. The highest BCUT2D eigenvalue weighted by Gasteiger charge is 2.17. The molecule has 1 aromatic heterocycles. The van der Waals surface area contributed by atoms with E-state index in [4.69, 9.17) is 5.73 Å². The molecule has 0 bridgehead atoms. The van der Waals surface area contributed by atoms with Crippen molar-refractivity contribution in [3.8, 4) is 0 Å². The number of nitrogens with zero attached hydrogens (tertiary/aromatic N) is 3. The van der Waals surface area contributed by atoms with Gasteiger partial charge in [0.05, 0.1) is 14.2 Å². The van der Waals surface area contributed by atoms with E-state index in [2.05, 4.69) is 19.4 Å². The van der Waals surface area contributed by atoms with Gasteiger partial charge in [0.2, 0.25) is 5.95 Å². The maximum absolute atomic E-state index is 11.3. The lowest BCUT2D eigenvalue weighted by molar-refractivity contribution is -0.140. The zero-order valence-electron chi connectivity index (χ0n) is 10.1. The molecule has 1 rings (SSSR count). The average Bonchev–Trinajstić information content (AvgIpc) is 2.37. The first-order valence-corrected chi connectivity index (χ1v) is 5.04. The van der Waals surface area contributed by atoms with E-state index in [1.165, 1.54) is 31.4 Å². The number of nitrogens with two attached hydrogens (primary N) is 1. The Morgan fingerprint density at radius 3 is 2.28 bits per heavy atom. The van der Waals surface area contributed by atoms with Crippen molar-refractivity contribution in [2.75, 3.05) is 37.9 Å². The normalized spacial score (nSPS) is 9.67. The van der Waals surface area contributed by atoms with Crippen molar-refractivity contribution in [3.63, 3.8) is 0 Å². The lowest BCUT2D eigenvalue weighted by atomic mass is 10.4. The second-order valence-electron chi connectivity index (χ2n) is 3.28. The molecule has 0 amide bonds. The molecule has 8 heteroatoms. The number of hydrogen-bond acceptors (Lipinski definition) is 8. The van der Waals surface area contributed by atoms with Gasteiger partial charge in [0.15, 0.2) is 0 Å². The van der Waals surface area contributed by atoms with Gasteiger partial charge in [0, 0.05) is 6.20 Å². The molecular formula is C10H14N4O4. The molecule has 0 aromatic carbocycles. The molecule has 0 radical (unpaired) electrons. The van der Waals surface area contributed by atoms with E-state index < -0.39 is 11.9 Å². The molecule has 0 atom stereocenters. The summed E-state index contributed by atoms with van der Waals surface area (Å²) in [4.78, 5) is 31.6. The van der Waals surface area contributed by atoms with Crippen LogP contribution in [-0.2, 0) is 19.1 Å². The lowest BCUT2D eigenvalue weighted by Gasteiger charge is -2.20. The summed E-state index contributed by atoms with van der Waals surface area (Å²) in [6, 6.07) is 1.53. The van der Waals surface area contributed by atoms with Crippen LogP contribution in [0.3, 0.4) is 0 Å². The molecule has 18 heavy (non-hydrogen) atoms. The third-order valence-corrected chi connectivity index (χ3v) is 2.08. The van der Waals surface area contributed by atoms with Crippen LogP contribution in [0.2, 0.25) is 0 Å². The van der Waals surface area contributed by atoms with Crippen LogP contribution in [0.1, 0.15) is 0 Å². The molecule has 0 aliphatic carbocycles. The Morgan fingerprint density at radius 2 is 1.83 bits per heavy atom. The quantitative estimate of drug-likeness (QED) is 0.681. The largest absolute Gasteiger partial charge is 0.468 e. The third kappa shape index (κ3) is 3.89. The summed E-state index contributed by atoms with van der Waals surface area (Å²) < 4.78 is 9.08.